The fraction of sp³-hybridized carbons (Fsp3) is 0.261. The number of rotatable bonds is 7. The highest BCUT2D eigenvalue weighted by molar-refractivity contribution is 6.31. The molecule has 0 atom stereocenters. The van der Waals surface area contributed by atoms with E-state index in [1.165, 1.54) is 25.0 Å². The minimum absolute atomic E-state index is 0.0649. The molecule has 1 aromatic heterocycles. The standard InChI is InChI=1S/C23H23ClN2O6/c1-5-32-22(28)17-13-25(16-9-10-19(30-3)20(11-16)31-4)23(29)26(21(17)27)12-15-7-6-8-18(24)14(15)2/h6-11,13H,5,12H2,1-4H3. The number of carbonyl (C=O) groups excluding carboxylic acids is 1. The highest BCUT2D eigenvalue weighted by Crippen LogP contribution is 2.28. The summed E-state index contributed by atoms with van der Waals surface area (Å²) in [5.74, 6) is 0.0408. The summed E-state index contributed by atoms with van der Waals surface area (Å²) < 4.78 is 17.8. The first-order valence-electron chi connectivity index (χ1n) is 9.82. The summed E-state index contributed by atoms with van der Waals surface area (Å²) in [6.45, 7) is 3.45. The Morgan fingerprint density at radius 3 is 2.44 bits per heavy atom. The van der Waals surface area contributed by atoms with Crippen LogP contribution in [0.3, 0.4) is 0 Å². The highest BCUT2D eigenvalue weighted by Gasteiger charge is 2.20. The van der Waals surface area contributed by atoms with Crippen LogP contribution in [-0.2, 0) is 11.3 Å². The van der Waals surface area contributed by atoms with Crippen LogP contribution in [0.4, 0.5) is 0 Å². The van der Waals surface area contributed by atoms with E-state index >= 15 is 0 Å². The molecule has 0 saturated heterocycles. The van der Waals surface area contributed by atoms with Gasteiger partial charge in [0.05, 0.1) is 33.1 Å². The number of hydrogen-bond donors (Lipinski definition) is 0. The molecule has 168 valence electrons. The monoisotopic (exact) mass is 458 g/mol. The molecule has 0 aliphatic heterocycles. The van der Waals surface area contributed by atoms with Crippen LogP contribution in [0.1, 0.15) is 28.4 Å². The van der Waals surface area contributed by atoms with Crippen LogP contribution in [0, 0.1) is 6.92 Å². The van der Waals surface area contributed by atoms with Crippen molar-refractivity contribution in [1.82, 2.24) is 9.13 Å². The lowest BCUT2D eigenvalue weighted by atomic mass is 10.1. The van der Waals surface area contributed by atoms with Crippen LogP contribution >= 0.6 is 11.6 Å². The number of nitrogens with zero attached hydrogens (tertiary/aromatic N) is 2. The van der Waals surface area contributed by atoms with Crippen LogP contribution in [0.25, 0.3) is 5.69 Å². The molecular weight excluding hydrogens is 436 g/mol. The minimum atomic E-state index is -0.816. The van der Waals surface area contributed by atoms with Gasteiger partial charge in [0.15, 0.2) is 11.5 Å². The molecule has 0 spiro atoms. The van der Waals surface area contributed by atoms with Gasteiger partial charge in [-0.3, -0.25) is 13.9 Å². The number of carbonyl (C=O) groups is 1. The van der Waals surface area contributed by atoms with Crippen molar-refractivity contribution in [2.45, 2.75) is 20.4 Å². The van der Waals surface area contributed by atoms with Crippen molar-refractivity contribution in [3.8, 4) is 17.2 Å². The van der Waals surface area contributed by atoms with Crippen LogP contribution in [0.2, 0.25) is 5.02 Å². The highest BCUT2D eigenvalue weighted by atomic mass is 35.5. The molecule has 1 heterocycles. The summed E-state index contributed by atoms with van der Waals surface area (Å²) in [6.07, 6.45) is 1.19. The van der Waals surface area contributed by atoms with Gasteiger partial charge < -0.3 is 14.2 Å². The second kappa shape index (κ2) is 9.74. The van der Waals surface area contributed by atoms with Crippen molar-refractivity contribution < 1.29 is 19.0 Å². The summed E-state index contributed by atoms with van der Waals surface area (Å²) in [6, 6.07) is 10.1. The zero-order valence-corrected chi connectivity index (χ0v) is 18.9. The topological polar surface area (TPSA) is 88.8 Å². The van der Waals surface area contributed by atoms with E-state index in [4.69, 9.17) is 25.8 Å². The van der Waals surface area contributed by atoms with Crippen molar-refractivity contribution in [3.05, 3.63) is 85.1 Å². The Kier molecular flexibility index (Phi) is 7.05. The number of halogens is 1. The van der Waals surface area contributed by atoms with Gasteiger partial charge in [-0.25, -0.2) is 9.59 Å². The fourth-order valence-electron chi connectivity index (χ4n) is 3.24. The summed E-state index contributed by atoms with van der Waals surface area (Å²) in [4.78, 5) is 38.9. The number of benzene rings is 2. The molecule has 0 amide bonds. The second-order valence-electron chi connectivity index (χ2n) is 6.87. The molecule has 0 fully saturated rings. The normalized spacial score (nSPS) is 10.7. The van der Waals surface area contributed by atoms with E-state index in [0.717, 1.165) is 10.1 Å². The summed E-state index contributed by atoms with van der Waals surface area (Å²) in [5, 5.41) is 0.511. The van der Waals surface area contributed by atoms with Crippen molar-refractivity contribution in [2.24, 2.45) is 0 Å². The third-order valence-corrected chi connectivity index (χ3v) is 5.43. The molecule has 8 nitrogen and oxygen atoms in total. The lowest BCUT2D eigenvalue weighted by Gasteiger charge is -2.15. The minimum Gasteiger partial charge on any atom is -0.493 e. The molecule has 0 aliphatic carbocycles. The Morgan fingerprint density at radius 2 is 1.78 bits per heavy atom. The van der Waals surface area contributed by atoms with Crippen molar-refractivity contribution in [2.75, 3.05) is 20.8 Å². The molecule has 0 saturated carbocycles. The van der Waals surface area contributed by atoms with Gasteiger partial charge in [0, 0.05) is 17.3 Å². The summed E-state index contributed by atoms with van der Waals surface area (Å²) in [5.41, 5.74) is 0.158. The molecule has 3 aromatic rings. The van der Waals surface area contributed by atoms with E-state index in [0.29, 0.717) is 27.8 Å². The van der Waals surface area contributed by atoms with Gasteiger partial charge in [0.1, 0.15) is 5.56 Å². The van der Waals surface area contributed by atoms with Gasteiger partial charge in [0.2, 0.25) is 0 Å². The summed E-state index contributed by atoms with van der Waals surface area (Å²) in [7, 11) is 2.97. The van der Waals surface area contributed by atoms with Crippen LogP contribution in [0.15, 0.2) is 52.2 Å². The Labute approximate surface area is 189 Å². The molecule has 2 aromatic carbocycles. The van der Waals surface area contributed by atoms with E-state index in [-0.39, 0.29) is 18.7 Å². The number of esters is 1. The van der Waals surface area contributed by atoms with Crippen LogP contribution in [-0.4, -0.2) is 35.9 Å². The quantitative estimate of drug-likeness (QED) is 0.505. The summed E-state index contributed by atoms with van der Waals surface area (Å²) >= 11 is 6.20. The Hall–Kier alpha value is -3.52. The molecule has 9 heteroatoms. The third kappa shape index (κ3) is 4.40. The van der Waals surface area contributed by atoms with Gasteiger partial charge in [-0.05, 0) is 43.2 Å². The molecule has 0 unspecified atom stereocenters. The zero-order valence-electron chi connectivity index (χ0n) is 18.2. The van der Waals surface area contributed by atoms with Gasteiger partial charge in [-0.2, -0.15) is 0 Å². The Morgan fingerprint density at radius 1 is 1.06 bits per heavy atom. The Balaban J connectivity index is 2.26. The number of methoxy groups -OCH3 is 2. The van der Waals surface area contributed by atoms with Crippen LogP contribution in [0.5, 0.6) is 11.5 Å². The molecule has 0 aliphatic rings. The van der Waals surface area contributed by atoms with Crippen LogP contribution < -0.4 is 20.7 Å². The predicted octanol–water partition coefficient (Wildman–Crippen LogP) is 3.20. The van der Waals surface area contributed by atoms with Gasteiger partial charge >= 0.3 is 11.7 Å². The van der Waals surface area contributed by atoms with E-state index in [2.05, 4.69) is 0 Å². The van der Waals surface area contributed by atoms with Gasteiger partial charge in [0.25, 0.3) is 5.56 Å². The fourth-order valence-corrected chi connectivity index (χ4v) is 3.44. The van der Waals surface area contributed by atoms with E-state index in [9.17, 15) is 14.4 Å². The maximum Gasteiger partial charge on any atom is 0.345 e. The van der Waals surface area contributed by atoms with E-state index in [1.54, 1.807) is 50.2 Å². The SMILES string of the molecule is CCOC(=O)c1cn(-c2ccc(OC)c(OC)c2)c(=O)n(Cc2cccc(Cl)c2C)c1=O. The molecule has 0 bridgehead atoms. The lowest BCUT2D eigenvalue weighted by molar-refractivity contribution is 0.0522. The average molecular weight is 459 g/mol. The first-order chi connectivity index (χ1) is 15.3. The van der Waals surface area contributed by atoms with E-state index in [1.807, 2.05) is 0 Å². The number of hydrogen-bond acceptors (Lipinski definition) is 6. The average Bonchev–Trinajstić information content (AvgIpc) is 2.79. The number of ether oxygens (including phenoxy) is 3. The van der Waals surface area contributed by atoms with Crippen molar-refractivity contribution >= 4 is 17.6 Å². The van der Waals surface area contributed by atoms with Gasteiger partial charge in [-0.15, -0.1) is 0 Å². The second-order valence-corrected chi connectivity index (χ2v) is 7.28. The molecule has 0 radical (unpaired) electrons. The first kappa shape index (κ1) is 23.1. The van der Waals surface area contributed by atoms with Gasteiger partial charge in [-0.1, -0.05) is 23.7 Å². The maximum absolute atomic E-state index is 13.3. The smallest absolute Gasteiger partial charge is 0.345 e. The third-order valence-electron chi connectivity index (χ3n) is 5.02. The molecule has 0 N–H and O–H groups in total. The van der Waals surface area contributed by atoms with Crippen molar-refractivity contribution in [3.63, 3.8) is 0 Å². The van der Waals surface area contributed by atoms with E-state index < -0.39 is 17.2 Å². The zero-order chi connectivity index (χ0) is 23.4. The Bertz CT molecular complexity index is 1280. The molecule has 3 rings (SSSR count). The molecular formula is C23H23ClN2O6. The first-order valence-corrected chi connectivity index (χ1v) is 10.2. The largest absolute Gasteiger partial charge is 0.493 e. The maximum atomic E-state index is 13.3. The molecule has 32 heavy (non-hydrogen) atoms. The predicted molar refractivity (Wildman–Crippen MR) is 121 cm³/mol. The lowest BCUT2D eigenvalue weighted by Crippen LogP contribution is -2.42. The van der Waals surface area contributed by atoms with Crippen molar-refractivity contribution in [1.29, 1.82) is 0 Å². The number of aromatic nitrogens is 2.